The third-order valence-electron chi connectivity index (χ3n) is 3.78. The molecule has 0 N–H and O–H groups in total. The van der Waals surface area contributed by atoms with Gasteiger partial charge in [-0.15, -0.1) is 0 Å². The Hall–Kier alpha value is -0.770. The highest BCUT2D eigenvalue weighted by atomic mass is 16.5. The average Bonchev–Trinajstić information content (AvgIpc) is 2.83. The van der Waals surface area contributed by atoms with E-state index in [9.17, 15) is 4.79 Å². The molecule has 2 fully saturated rings. The van der Waals surface area contributed by atoms with Crippen LogP contribution < -0.4 is 0 Å². The fourth-order valence-corrected chi connectivity index (χ4v) is 2.90. The first-order valence-electron chi connectivity index (χ1n) is 6.85. The summed E-state index contributed by atoms with van der Waals surface area (Å²) in [5.41, 5.74) is 0. The zero-order valence-corrected chi connectivity index (χ0v) is 11.0. The van der Waals surface area contributed by atoms with Crippen molar-refractivity contribution in [2.45, 2.75) is 51.6 Å². The summed E-state index contributed by atoms with van der Waals surface area (Å²) < 4.78 is 5.30. The highest BCUT2D eigenvalue weighted by Gasteiger charge is 2.32. The Bertz CT molecular complexity index is 256. The van der Waals surface area contributed by atoms with Gasteiger partial charge in [-0.25, -0.2) is 4.79 Å². The van der Waals surface area contributed by atoms with Gasteiger partial charge in [0.2, 0.25) is 0 Å². The van der Waals surface area contributed by atoms with E-state index in [0.29, 0.717) is 25.3 Å². The normalized spacial score (nSPS) is 22.2. The molecule has 1 saturated carbocycles. The zero-order valence-electron chi connectivity index (χ0n) is 11.0. The molecule has 4 heteroatoms. The third-order valence-corrected chi connectivity index (χ3v) is 3.78. The van der Waals surface area contributed by atoms with E-state index in [2.05, 4.69) is 18.7 Å². The smallest absolute Gasteiger partial charge is 0.320 e. The molecule has 1 saturated heterocycles. The molecule has 1 heterocycles. The summed E-state index contributed by atoms with van der Waals surface area (Å²) >= 11 is 0. The summed E-state index contributed by atoms with van der Waals surface area (Å²) in [5.74, 6) is 0. The van der Waals surface area contributed by atoms with E-state index in [-0.39, 0.29) is 6.03 Å². The Morgan fingerprint density at radius 1 is 1.24 bits per heavy atom. The van der Waals surface area contributed by atoms with Crippen molar-refractivity contribution in [3.8, 4) is 0 Å². The molecule has 98 valence electrons. The molecule has 0 atom stereocenters. The quantitative estimate of drug-likeness (QED) is 0.740. The van der Waals surface area contributed by atoms with E-state index in [4.69, 9.17) is 4.74 Å². The Labute approximate surface area is 104 Å². The molecule has 2 aliphatic rings. The average molecular weight is 240 g/mol. The second-order valence-corrected chi connectivity index (χ2v) is 5.32. The topological polar surface area (TPSA) is 32.8 Å². The summed E-state index contributed by atoms with van der Waals surface area (Å²) in [4.78, 5) is 16.6. The second kappa shape index (κ2) is 5.71. The van der Waals surface area contributed by atoms with Gasteiger partial charge in [0.25, 0.3) is 0 Å². The van der Waals surface area contributed by atoms with Gasteiger partial charge in [-0.1, -0.05) is 12.8 Å². The summed E-state index contributed by atoms with van der Waals surface area (Å²) in [6.07, 6.45) is 4.89. The van der Waals surface area contributed by atoms with Crippen LogP contribution in [0.25, 0.3) is 0 Å². The van der Waals surface area contributed by atoms with E-state index in [1.165, 1.54) is 25.7 Å². The SMILES string of the molecule is CC(C)N(C(=O)N1CCOCC1)C1CCCC1. The number of rotatable bonds is 2. The number of nitrogens with zero attached hydrogens (tertiary/aromatic N) is 2. The standard InChI is InChI=1S/C13H24N2O2/c1-11(2)15(12-5-3-4-6-12)13(16)14-7-9-17-10-8-14/h11-12H,3-10H2,1-2H3. The van der Waals surface area contributed by atoms with Gasteiger partial charge in [-0.05, 0) is 26.7 Å². The van der Waals surface area contributed by atoms with Crippen LogP contribution in [-0.4, -0.2) is 54.2 Å². The largest absolute Gasteiger partial charge is 0.378 e. The maximum atomic E-state index is 12.5. The maximum absolute atomic E-state index is 12.5. The molecular formula is C13H24N2O2. The molecule has 1 aliphatic heterocycles. The van der Waals surface area contributed by atoms with E-state index in [1.54, 1.807) is 0 Å². The number of carbonyl (C=O) groups is 1. The first-order valence-corrected chi connectivity index (χ1v) is 6.85. The Kier molecular flexibility index (Phi) is 4.26. The maximum Gasteiger partial charge on any atom is 0.320 e. The zero-order chi connectivity index (χ0) is 12.3. The third kappa shape index (κ3) is 2.92. The van der Waals surface area contributed by atoms with Gasteiger partial charge in [-0.2, -0.15) is 0 Å². The van der Waals surface area contributed by atoms with Crippen molar-refractivity contribution in [3.05, 3.63) is 0 Å². The van der Waals surface area contributed by atoms with Gasteiger partial charge in [0.05, 0.1) is 13.2 Å². The molecule has 0 spiro atoms. The van der Waals surface area contributed by atoms with Crippen molar-refractivity contribution < 1.29 is 9.53 Å². The van der Waals surface area contributed by atoms with E-state index in [1.807, 2.05) is 4.90 Å². The molecule has 0 bridgehead atoms. The summed E-state index contributed by atoms with van der Waals surface area (Å²) in [5, 5.41) is 0. The fourth-order valence-electron chi connectivity index (χ4n) is 2.90. The lowest BCUT2D eigenvalue weighted by atomic mass is 10.1. The molecule has 0 radical (unpaired) electrons. The minimum atomic E-state index is 0.218. The number of hydrogen-bond acceptors (Lipinski definition) is 2. The first-order chi connectivity index (χ1) is 8.20. The number of hydrogen-bond donors (Lipinski definition) is 0. The number of carbonyl (C=O) groups excluding carboxylic acids is 1. The van der Waals surface area contributed by atoms with Crippen LogP contribution in [0.5, 0.6) is 0 Å². The number of morpholine rings is 1. The number of amides is 2. The Morgan fingerprint density at radius 2 is 1.82 bits per heavy atom. The van der Waals surface area contributed by atoms with Crippen LogP contribution >= 0.6 is 0 Å². The Balaban J connectivity index is 2.01. The molecule has 0 aromatic carbocycles. The Morgan fingerprint density at radius 3 is 2.35 bits per heavy atom. The van der Waals surface area contributed by atoms with E-state index in [0.717, 1.165) is 13.1 Å². The van der Waals surface area contributed by atoms with Gasteiger partial charge >= 0.3 is 6.03 Å². The van der Waals surface area contributed by atoms with Crippen LogP contribution in [-0.2, 0) is 4.74 Å². The molecule has 1 aliphatic carbocycles. The lowest BCUT2D eigenvalue weighted by molar-refractivity contribution is 0.0354. The van der Waals surface area contributed by atoms with Gasteiger partial charge < -0.3 is 14.5 Å². The van der Waals surface area contributed by atoms with Crippen LogP contribution in [0.15, 0.2) is 0 Å². The molecule has 0 unspecified atom stereocenters. The van der Waals surface area contributed by atoms with Gasteiger partial charge in [0.15, 0.2) is 0 Å². The molecular weight excluding hydrogens is 216 g/mol. The van der Waals surface area contributed by atoms with Crippen LogP contribution in [0, 0.1) is 0 Å². The summed E-state index contributed by atoms with van der Waals surface area (Å²) in [6, 6.07) is 0.981. The molecule has 0 aromatic heterocycles. The lowest BCUT2D eigenvalue weighted by Crippen LogP contribution is -2.53. The van der Waals surface area contributed by atoms with Crippen LogP contribution in [0.4, 0.5) is 4.79 Å². The van der Waals surface area contributed by atoms with Crippen LogP contribution in [0.2, 0.25) is 0 Å². The van der Waals surface area contributed by atoms with E-state index < -0.39 is 0 Å². The highest BCUT2D eigenvalue weighted by molar-refractivity contribution is 5.75. The van der Waals surface area contributed by atoms with Crippen molar-refractivity contribution in [1.29, 1.82) is 0 Å². The van der Waals surface area contributed by atoms with E-state index >= 15 is 0 Å². The van der Waals surface area contributed by atoms with Gasteiger partial charge in [0, 0.05) is 25.2 Å². The van der Waals surface area contributed by atoms with Crippen molar-refractivity contribution in [2.24, 2.45) is 0 Å². The fraction of sp³-hybridized carbons (Fsp3) is 0.923. The van der Waals surface area contributed by atoms with Crippen molar-refractivity contribution in [3.63, 3.8) is 0 Å². The predicted molar refractivity (Wildman–Crippen MR) is 67.0 cm³/mol. The van der Waals surface area contributed by atoms with Crippen molar-refractivity contribution >= 4 is 6.03 Å². The monoisotopic (exact) mass is 240 g/mol. The number of urea groups is 1. The van der Waals surface area contributed by atoms with Gasteiger partial charge in [-0.3, -0.25) is 0 Å². The molecule has 2 amide bonds. The summed E-state index contributed by atoms with van der Waals surface area (Å²) in [6.45, 7) is 7.10. The molecule has 17 heavy (non-hydrogen) atoms. The minimum absolute atomic E-state index is 0.218. The highest BCUT2D eigenvalue weighted by Crippen LogP contribution is 2.26. The predicted octanol–water partition coefficient (Wildman–Crippen LogP) is 2.09. The molecule has 0 aromatic rings. The van der Waals surface area contributed by atoms with Gasteiger partial charge in [0.1, 0.15) is 0 Å². The van der Waals surface area contributed by atoms with Crippen molar-refractivity contribution in [1.82, 2.24) is 9.80 Å². The summed E-state index contributed by atoms with van der Waals surface area (Å²) in [7, 11) is 0. The lowest BCUT2D eigenvalue weighted by Gasteiger charge is -2.38. The molecule has 2 rings (SSSR count). The minimum Gasteiger partial charge on any atom is -0.378 e. The number of ether oxygens (including phenoxy) is 1. The van der Waals surface area contributed by atoms with Crippen LogP contribution in [0.3, 0.4) is 0 Å². The molecule has 4 nitrogen and oxygen atoms in total. The van der Waals surface area contributed by atoms with Crippen molar-refractivity contribution in [2.75, 3.05) is 26.3 Å². The second-order valence-electron chi connectivity index (χ2n) is 5.32. The first kappa shape index (κ1) is 12.7. The van der Waals surface area contributed by atoms with Crippen LogP contribution in [0.1, 0.15) is 39.5 Å².